The largest absolute Gasteiger partial charge is 0.380 e. The van der Waals surface area contributed by atoms with Gasteiger partial charge in [-0.3, -0.25) is 4.90 Å². The van der Waals surface area contributed by atoms with E-state index in [0.717, 1.165) is 26.3 Å². The van der Waals surface area contributed by atoms with E-state index in [2.05, 4.69) is 4.90 Å². The summed E-state index contributed by atoms with van der Waals surface area (Å²) in [6.07, 6.45) is 2.58. The van der Waals surface area contributed by atoms with Crippen LogP contribution in [0.1, 0.15) is 19.8 Å². The number of likely N-dealkylation sites (tertiary alicyclic amines) is 1. The first-order chi connectivity index (χ1) is 5.88. The molecule has 0 amide bonds. The van der Waals surface area contributed by atoms with Gasteiger partial charge in [-0.05, 0) is 26.3 Å². The third-order valence-electron chi connectivity index (χ3n) is 2.43. The average Bonchev–Trinajstić information content (AvgIpc) is 2.50. The zero-order valence-electron chi connectivity index (χ0n) is 7.96. The first-order valence-electron chi connectivity index (χ1n) is 4.90. The van der Waals surface area contributed by atoms with Crippen molar-refractivity contribution in [3.8, 4) is 0 Å². The minimum Gasteiger partial charge on any atom is -0.380 e. The van der Waals surface area contributed by atoms with Crippen molar-refractivity contribution >= 4 is 0 Å². The van der Waals surface area contributed by atoms with Crippen LogP contribution >= 0.6 is 0 Å². The van der Waals surface area contributed by atoms with Crippen molar-refractivity contribution in [2.45, 2.75) is 25.8 Å². The highest BCUT2D eigenvalue weighted by Crippen LogP contribution is 2.16. The molecule has 0 aromatic rings. The Balaban J connectivity index is 2.20. The Bertz CT molecular complexity index is 119. The molecule has 1 atom stereocenters. The van der Waals surface area contributed by atoms with Gasteiger partial charge in [0.15, 0.2) is 0 Å². The summed E-state index contributed by atoms with van der Waals surface area (Å²) in [4.78, 5) is 2.44. The number of ether oxygens (including phenoxy) is 1. The molecule has 0 aliphatic carbocycles. The molecule has 72 valence electrons. The number of hydrogen-bond acceptors (Lipinski definition) is 3. The fourth-order valence-electron chi connectivity index (χ4n) is 1.80. The second-order valence-electron chi connectivity index (χ2n) is 3.28. The predicted molar refractivity (Wildman–Crippen MR) is 50.1 cm³/mol. The van der Waals surface area contributed by atoms with E-state index >= 15 is 0 Å². The lowest BCUT2D eigenvalue weighted by Crippen LogP contribution is -2.36. The molecule has 12 heavy (non-hydrogen) atoms. The first kappa shape index (κ1) is 9.96. The van der Waals surface area contributed by atoms with Crippen LogP contribution < -0.4 is 5.73 Å². The molecule has 1 aliphatic heterocycles. The summed E-state index contributed by atoms with van der Waals surface area (Å²) < 4.78 is 5.41. The Morgan fingerprint density at radius 3 is 3.08 bits per heavy atom. The van der Waals surface area contributed by atoms with Gasteiger partial charge in [0.1, 0.15) is 0 Å². The van der Waals surface area contributed by atoms with Crippen LogP contribution in [0.2, 0.25) is 0 Å². The van der Waals surface area contributed by atoms with E-state index in [1.807, 2.05) is 6.92 Å². The molecule has 0 aromatic heterocycles. The SMILES string of the molecule is CCOCC1CCCN1CCN. The van der Waals surface area contributed by atoms with Crippen molar-refractivity contribution in [1.29, 1.82) is 0 Å². The quantitative estimate of drug-likeness (QED) is 0.654. The summed E-state index contributed by atoms with van der Waals surface area (Å²) in [7, 11) is 0. The fourth-order valence-corrected chi connectivity index (χ4v) is 1.80. The predicted octanol–water partition coefficient (Wildman–Crippen LogP) is 0.446. The van der Waals surface area contributed by atoms with E-state index in [4.69, 9.17) is 10.5 Å². The molecule has 1 saturated heterocycles. The van der Waals surface area contributed by atoms with Crippen LogP contribution in [0.4, 0.5) is 0 Å². The molecular formula is C9H20N2O. The molecule has 1 rings (SSSR count). The monoisotopic (exact) mass is 172 g/mol. The smallest absolute Gasteiger partial charge is 0.0621 e. The normalized spacial score (nSPS) is 25.0. The maximum atomic E-state index is 5.52. The van der Waals surface area contributed by atoms with Crippen molar-refractivity contribution in [1.82, 2.24) is 4.90 Å². The summed E-state index contributed by atoms with van der Waals surface area (Å²) in [5.41, 5.74) is 5.52. The molecule has 1 unspecified atom stereocenters. The second-order valence-corrected chi connectivity index (χ2v) is 3.28. The fraction of sp³-hybridized carbons (Fsp3) is 1.00. The van der Waals surface area contributed by atoms with Crippen LogP contribution in [0, 0.1) is 0 Å². The molecule has 0 saturated carbocycles. The van der Waals surface area contributed by atoms with E-state index in [1.165, 1.54) is 19.4 Å². The molecule has 3 heteroatoms. The average molecular weight is 172 g/mol. The maximum Gasteiger partial charge on any atom is 0.0621 e. The molecule has 0 bridgehead atoms. The molecule has 0 aromatic carbocycles. The molecule has 1 aliphatic rings. The van der Waals surface area contributed by atoms with Gasteiger partial charge < -0.3 is 10.5 Å². The summed E-state index contributed by atoms with van der Waals surface area (Å²) in [6.45, 7) is 6.75. The zero-order valence-corrected chi connectivity index (χ0v) is 7.96. The highest BCUT2D eigenvalue weighted by Gasteiger charge is 2.23. The van der Waals surface area contributed by atoms with Crippen molar-refractivity contribution in [2.75, 3.05) is 32.8 Å². The number of rotatable bonds is 5. The van der Waals surface area contributed by atoms with E-state index in [1.54, 1.807) is 0 Å². The lowest BCUT2D eigenvalue weighted by molar-refractivity contribution is 0.0865. The Hall–Kier alpha value is -0.120. The molecule has 1 heterocycles. The van der Waals surface area contributed by atoms with Gasteiger partial charge in [0.2, 0.25) is 0 Å². The third kappa shape index (κ3) is 2.73. The highest BCUT2D eigenvalue weighted by molar-refractivity contribution is 4.78. The van der Waals surface area contributed by atoms with Gasteiger partial charge in [0.05, 0.1) is 6.61 Å². The van der Waals surface area contributed by atoms with Gasteiger partial charge in [0.25, 0.3) is 0 Å². The first-order valence-corrected chi connectivity index (χ1v) is 4.90. The van der Waals surface area contributed by atoms with Crippen LogP contribution in [0.5, 0.6) is 0 Å². The minimum absolute atomic E-state index is 0.633. The lowest BCUT2D eigenvalue weighted by atomic mass is 10.2. The molecule has 0 spiro atoms. The van der Waals surface area contributed by atoms with Crippen LogP contribution in [-0.2, 0) is 4.74 Å². The Kier molecular flexibility index (Phi) is 4.58. The van der Waals surface area contributed by atoms with Crippen molar-refractivity contribution < 1.29 is 4.74 Å². The summed E-state index contributed by atoms with van der Waals surface area (Å²) in [5.74, 6) is 0. The van der Waals surface area contributed by atoms with Crippen LogP contribution in [0.15, 0.2) is 0 Å². The molecule has 3 nitrogen and oxygen atoms in total. The standard InChI is InChI=1S/C9H20N2O/c1-2-12-8-9-4-3-6-11(9)7-5-10/h9H,2-8,10H2,1H3. The lowest BCUT2D eigenvalue weighted by Gasteiger charge is -2.23. The summed E-state index contributed by atoms with van der Waals surface area (Å²) >= 11 is 0. The van der Waals surface area contributed by atoms with Gasteiger partial charge in [-0.2, -0.15) is 0 Å². The van der Waals surface area contributed by atoms with Gasteiger partial charge in [-0.25, -0.2) is 0 Å². The van der Waals surface area contributed by atoms with Crippen molar-refractivity contribution in [2.24, 2.45) is 5.73 Å². The summed E-state index contributed by atoms with van der Waals surface area (Å²) in [5, 5.41) is 0. The molecule has 0 radical (unpaired) electrons. The van der Waals surface area contributed by atoms with Gasteiger partial charge in [-0.15, -0.1) is 0 Å². The highest BCUT2D eigenvalue weighted by atomic mass is 16.5. The van der Waals surface area contributed by atoms with E-state index in [9.17, 15) is 0 Å². The van der Waals surface area contributed by atoms with Gasteiger partial charge in [-0.1, -0.05) is 0 Å². The number of nitrogens with two attached hydrogens (primary N) is 1. The van der Waals surface area contributed by atoms with Crippen molar-refractivity contribution in [3.05, 3.63) is 0 Å². The maximum absolute atomic E-state index is 5.52. The van der Waals surface area contributed by atoms with Crippen LogP contribution in [0.25, 0.3) is 0 Å². The Morgan fingerprint density at radius 1 is 1.58 bits per heavy atom. The van der Waals surface area contributed by atoms with Gasteiger partial charge >= 0.3 is 0 Å². The molecular weight excluding hydrogens is 152 g/mol. The van der Waals surface area contributed by atoms with Crippen LogP contribution in [-0.4, -0.2) is 43.8 Å². The topological polar surface area (TPSA) is 38.5 Å². The molecule has 2 N–H and O–H groups in total. The number of hydrogen-bond donors (Lipinski definition) is 1. The minimum atomic E-state index is 0.633. The van der Waals surface area contributed by atoms with E-state index < -0.39 is 0 Å². The second kappa shape index (κ2) is 5.51. The zero-order chi connectivity index (χ0) is 8.81. The molecule has 1 fully saturated rings. The third-order valence-corrected chi connectivity index (χ3v) is 2.43. The summed E-state index contributed by atoms with van der Waals surface area (Å²) in [6, 6.07) is 0.633. The number of nitrogens with zero attached hydrogens (tertiary/aromatic N) is 1. The van der Waals surface area contributed by atoms with E-state index in [-0.39, 0.29) is 0 Å². The van der Waals surface area contributed by atoms with Crippen molar-refractivity contribution in [3.63, 3.8) is 0 Å². The van der Waals surface area contributed by atoms with Gasteiger partial charge in [0, 0.05) is 25.7 Å². The Labute approximate surface area is 74.9 Å². The van der Waals surface area contributed by atoms with Crippen LogP contribution in [0.3, 0.4) is 0 Å². The Morgan fingerprint density at radius 2 is 2.42 bits per heavy atom. The van der Waals surface area contributed by atoms with E-state index in [0.29, 0.717) is 6.04 Å².